The highest BCUT2D eigenvalue weighted by atomic mass is 14.7. The fourth-order valence-corrected chi connectivity index (χ4v) is 1.05. The van der Waals surface area contributed by atoms with E-state index in [-0.39, 0.29) is 0 Å². The van der Waals surface area contributed by atoms with Crippen molar-refractivity contribution in [1.29, 1.82) is 0 Å². The van der Waals surface area contributed by atoms with Gasteiger partial charge < -0.3 is 0 Å². The van der Waals surface area contributed by atoms with Gasteiger partial charge in [0.2, 0.25) is 0 Å². The molecule has 0 amide bonds. The Bertz CT molecular complexity index is 312. The summed E-state index contributed by atoms with van der Waals surface area (Å²) in [5.74, 6) is 0.799. The number of aromatic nitrogens is 1. The van der Waals surface area contributed by atoms with Crippen molar-refractivity contribution in [2.75, 3.05) is 0 Å². The van der Waals surface area contributed by atoms with Gasteiger partial charge in [-0.05, 0) is 35.3 Å². The molecular weight excluding hydrogens is 218 g/mol. The highest BCUT2D eigenvalue weighted by Crippen LogP contribution is 2.23. The second-order valence-corrected chi connectivity index (χ2v) is 7.58. The van der Waals surface area contributed by atoms with Crippen LogP contribution in [0.1, 0.15) is 61.1 Å². The molecule has 1 heteroatoms. The molecule has 0 unspecified atom stereocenters. The summed E-state index contributed by atoms with van der Waals surface area (Å²) in [6.07, 6.45) is 2.90. The Kier molecular flexibility index (Phi) is 6.59. The van der Waals surface area contributed by atoms with Gasteiger partial charge in [-0.2, -0.15) is 0 Å². The molecule has 104 valence electrons. The number of nitrogens with zero attached hydrogens (tertiary/aromatic N) is 1. The van der Waals surface area contributed by atoms with E-state index < -0.39 is 0 Å². The van der Waals surface area contributed by atoms with Crippen LogP contribution in [0, 0.1) is 16.7 Å². The molecule has 0 bridgehead atoms. The molecule has 0 saturated carbocycles. The lowest BCUT2D eigenvalue weighted by Gasteiger charge is -2.22. The Morgan fingerprint density at radius 2 is 1.50 bits per heavy atom. The van der Waals surface area contributed by atoms with Gasteiger partial charge in [0.15, 0.2) is 0 Å². The largest absolute Gasteiger partial charge is 0.261 e. The Labute approximate surface area is 114 Å². The maximum Gasteiger partial charge on any atom is 0.0408 e. The van der Waals surface area contributed by atoms with Gasteiger partial charge in [-0.15, -0.1) is 0 Å². The third-order valence-electron chi connectivity index (χ3n) is 3.17. The van der Waals surface area contributed by atoms with Crippen LogP contribution < -0.4 is 0 Å². The molecule has 0 aromatic carbocycles. The van der Waals surface area contributed by atoms with E-state index in [0.717, 1.165) is 12.3 Å². The molecule has 0 N–H and O–H groups in total. The minimum absolute atomic E-state index is 0.342. The molecular formula is C17H31N. The molecule has 0 spiro atoms. The smallest absolute Gasteiger partial charge is 0.0408 e. The lowest BCUT2D eigenvalue weighted by atomic mass is 9.84. The number of rotatable bonds is 1. The predicted octanol–water partition coefficient (Wildman–Crippen LogP) is 5.36. The van der Waals surface area contributed by atoms with Crippen LogP contribution in [0.3, 0.4) is 0 Å². The quantitative estimate of drug-likeness (QED) is 0.653. The zero-order chi connectivity index (χ0) is 14.4. The molecule has 0 atom stereocenters. The zero-order valence-electron chi connectivity index (χ0n) is 13.5. The molecule has 0 aliphatic heterocycles. The number of hydrogen-bond donors (Lipinski definition) is 0. The van der Waals surface area contributed by atoms with Gasteiger partial charge in [-0.25, -0.2) is 0 Å². The Morgan fingerprint density at radius 3 is 1.78 bits per heavy atom. The lowest BCUT2D eigenvalue weighted by molar-refractivity contribution is 0.283. The first kappa shape index (κ1) is 17.2. The second-order valence-electron chi connectivity index (χ2n) is 7.58. The SMILES string of the molecule is CC(C)(C)Cc1ccccn1.CC(C)C(C)(C)C. The molecule has 0 saturated heterocycles. The summed E-state index contributed by atoms with van der Waals surface area (Å²) in [4.78, 5) is 4.26. The highest BCUT2D eigenvalue weighted by Gasteiger charge is 2.13. The van der Waals surface area contributed by atoms with Crippen molar-refractivity contribution in [2.45, 2.75) is 61.8 Å². The number of pyridine rings is 1. The van der Waals surface area contributed by atoms with E-state index >= 15 is 0 Å². The van der Waals surface area contributed by atoms with Crippen LogP contribution >= 0.6 is 0 Å². The minimum atomic E-state index is 0.342. The first-order chi connectivity index (χ1) is 8.02. The van der Waals surface area contributed by atoms with Gasteiger partial charge >= 0.3 is 0 Å². The first-order valence-electron chi connectivity index (χ1n) is 6.92. The average Bonchev–Trinajstić information content (AvgIpc) is 2.15. The maximum absolute atomic E-state index is 4.26. The summed E-state index contributed by atoms with van der Waals surface area (Å²) in [5, 5.41) is 0. The summed E-state index contributed by atoms with van der Waals surface area (Å²) in [6.45, 7) is 18.0. The summed E-state index contributed by atoms with van der Waals surface area (Å²) >= 11 is 0. The molecule has 1 aromatic rings. The average molecular weight is 249 g/mol. The van der Waals surface area contributed by atoms with Crippen LogP contribution in [-0.4, -0.2) is 4.98 Å². The van der Waals surface area contributed by atoms with Gasteiger partial charge in [0.1, 0.15) is 0 Å². The van der Waals surface area contributed by atoms with E-state index in [4.69, 9.17) is 0 Å². The molecule has 1 heterocycles. The first-order valence-corrected chi connectivity index (χ1v) is 6.92. The van der Waals surface area contributed by atoms with Gasteiger partial charge in [-0.3, -0.25) is 4.98 Å². The van der Waals surface area contributed by atoms with Crippen LogP contribution in [0.25, 0.3) is 0 Å². The standard InChI is InChI=1S/C10H15N.C7H16/c1-10(2,3)8-9-6-4-5-7-11-9;1-6(2)7(3,4)5/h4-7H,8H2,1-3H3;6H,1-5H3. The van der Waals surface area contributed by atoms with E-state index in [1.807, 2.05) is 18.3 Å². The molecule has 1 nitrogen and oxygen atoms in total. The monoisotopic (exact) mass is 249 g/mol. The molecule has 18 heavy (non-hydrogen) atoms. The van der Waals surface area contributed by atoms with Crippen molar-refractivity contribution >= 4 is 0 Å². The molecule has 0 radical (unpaired) electrons. The van der Waals surface area contributed by atoms with E-state index in [2.05, 4.69) is 66.4 Å². The molecule has 0 aliphatic carbocycles. The van der Waals surface area contributed by atoms with E-state index in [0.29, 0.717) is 10.8 Å². The predicted molar refractivity (Wildman–Crippen MR) is 81.7 cm³/mol. The van der Waals surface area contributed by atoms with Gasteiger partial charge in [0, 0.05) is 11.9 Å². The van der Waals surface area contributed by atoms with Gasteiger partial charge in [0.05, 0.1) is 0 Å². The third-order valence-corrected chi connectivity index (χ3v) is 3.17. The minimum Gasteiger partial charge on any atom is -0.261 e. The van der Waals surface area contributed by atoms with Gasteiger partial charge in [0.25, 0.3) is 0 Å². The topological polar surface area (TPSA) is 12.9 Å². The lowest BCUT2D eigenvalue weighted by Crippen LogP contribution is -2.12. The molecule has 1 aromatic heterocycles. The Morgan fingerprint density at radius 1 is 1.00 bits per heavy atom. The van der Waals surface area contributed by atoms with Crippen molar-refractivity contribution in [3.63, 3.8) is 0 Å². The van der Waals surface area contributed by atoms with Crippen LogP contribution in [-0.2, 0) is 6.42 Å². The van der Waals surface area contributed by atoms with Crippen molar-refractivity contribution in [3.8, 4) is 0 Å². The van der Waals surface area contributed by atoms with Crippen LogP contribution in [0.2, 0.25) is 0 Å². The van der Waals surface area contributed by atoms with Crippen LogP contribution in [0.15, 0.2) is 24.4 Å². The van der Waals surface area contributed by atoms with Crippen molar-refractivity contribution in [3.05, 3.63) is 30.1 Å². The molecule has 0 fully saturated rings. The Balaban J connectivity index is 0.000000360. The summed E-state index contributed by atoms with van der Waals surface area (Å²) in [6, 6.07) is 6.06. The summed E-state index contributed by atoms with van der Waals surface area (Å²) < 4.78 is 0. The zero-order valence-corrected chi connectivity index (χ0v) is 13.5. The number of hydrogen-bond acceptors (Lipinski definition) is 1. The normalized spacial score (nSPS) is 12.1. The fourth-order valence-electron chi connectivity index (χ4n) is 1.05. The van der Waals surface area contributed by atoms with Gasteiger partial charge in [-0.1, -0.05) is 61.5 Å². The van der Waals surface area contributed by atoms with Crippen molar-refractivity contribution < 1.29 is 0 Å². The Hall–Kier alpha value is -0.850. The maximum atomic E-state index is 4.26. The summed E-state index contributed by atoms with van der Waals surface area (Å²) in [5.41, 5.74) is 2.02. The summed E-state index contributed by atoms with van der Waals surface area (Å²) in [7, 11) is 0. The van der Waals surface area contributed by atoms with E-state index in [1.54, 1.807) is 0 Å². The fraction of sp³-hybridized carbons (Fsp3) is 0.706. The third kappa shape index (κ3) is 9.21. The van der Waals surface area contributed by atoms with Crippen molar-refractivity contribution in [2.24, 2.45) is 16.7 Å². The van der Waals surface area contributed by atoms with E-state index in [1.165, 1.54) is 5.69 Å². The molecule has 1 rings (SSSR count). The second kappa shape index (κ2) is 6.92. The van der Waals surface area contributed by atoms with Crippen LogP contribution in [0.4, 0.5) is 0 Å². The van der Waals surface area contributed by atoms with Crippen molar-refractivity contribution in [1.82, 2.24) is 4.98 Å². The highest BCUT2D eigenvalue weighted by molar-refractivity contribution is 5.05. The molecule has 0 aliphatic rings. The van der Waals surface area contributed by atoms with Crippen LogP contribution in [0.5, 0.6) is 0 Å². The van der Waals surface area contributed by atoms with E-state index in [9.17, 15) is 0 Å².